The number of hydrogen-bond acceptors (Lipinski definition) is 5. The Balaban J connectivity index is 1.56. The number of rotatable bonds is 6. The highest BCUT2D eigenvalue weighted by Crippen LogP contribution is 2.32. The molecule has 0 bridgehead atoms. The van der Waals surface area contributed by atoms with E-state index in [1.807, 2.05) is 0 Å². The summed E-state index contributed by atoms with van der Waals surface area (Å²) in [6.45, 7) is 1.76. The normalized spacial score (nSPS) is 22.7. The van der Waals surface area contributed by atoms with Crippen molar-refractivity contribution in [3.05, 3.63) is 76.5 Å². The molecule has 11 heteroatoms. The lowest BCUT2D eigenvalue weighted by molar-refractivity contribution is -0.137. The fourth-order valence-corrected chi connectivity index (χ4v) is 4.29. The molecule has 2 heterocycles. The third-order valence-corrected chi connectivity index (χ3v) is 6.24. The Morgan fingerprint density at radius 1 is 1.32 bits per heavy atom. The number of aromatic nitrogens is 3. The molecule has 1 aliphatic carbocycles. The second-order valence-electron chi connectivity index (χ2n) is 8.39. The highest BCUT2D eigenvalue weighted by Gasteiger charge is 2.41. The predicted octanol–water partition coefficient (Wildman–Crippen LogP) is 4.75. The predicted molar refractivity (Wildman–Crippen MR) is 118 cm³/mol. The van der Waals surface area contributed by atoms with Crippen LogP contribution in [-0.2, 0) is 12.7 Å². The molecule has 1 aliphatic rings. The van der Waals surface area contributed by atoms with Crippen LogP contribution in [0, 0.1) is 5.92 Å². The Bertz CT molecular complexity index is 1200. The van der Waals surface area contributed by atoms with Crippen molar-refractivity contribution in [3.63, 3.8) is 0 Å². The Morgan fingerprint density at radius 2 is 2.09 bits per heavy atom. The molecule has 4 atom stereocenters. The number of nitrogens with zero attached hydrogens (tertiary/aromatic N) is 3. The Morgan fingerprint density at radius 3 is 2.76 bits per heavy atom. The summed E-state index contributed by atoms with van der Waals surface area (Å²) in [6.07, 6.45) is -2.80. The molecule has 0 aliphatic heterocycles. The van der Waals surface area contributed by atoms with Crippen molar-refractivity contribution in [1.82, 2.24) is 14.5 Å². The topological polar surface area (TPSA) is 80.0 Å². The van der Waals surface area contributed by atoms with Crippen molar-refractivity contribution in [1.29, 1.82) is 0 Å². The number of carbonyl (C=O) groups excluding carboxylic acids is 1. The van der Waals surface area contributed by atoms with Gasteiger partial charge in [-0.05, 0) is 36.1 Å². The monoisotopic (exact) mass is 496 g/mol. The highest BCUT2D eigenvalue weighted by molar-refractivity contribution is 6.30. The average molecular weight is 497 g/mol. The van der Waals surface area contributed by atoms with Crippen LogP contribution in [0.25, 0.3) is 0 Å². The number of aliphatic hydroxyl groups is 1. The molecule has 34 heavy (non-hydrogen) atoms. The van der Waals surface area contributed by atoms with E-state index in [2.05, 4.69) is 15.3 Å². The molecule has 4 rings (SSSR count). The van der Waals surface area contributed by atoms with E-state index in [1.54, 1.807) is 6.92 Å². The molecule has 3 aromatic rings. The Kier molecular flexibility index (Phi) is 6.64. The highest BCUT2D eigenvalue weighted by atomic mass is 35.5. The van der Waals surface area contributed by atoms with Crippen molar-refractivity contribution < 1.29 is 27.5 Å². The van der Waals surface area contributed by atoms with Crippen LogP contribution >= 0.6 is 11.6 Å². The molecule has 1 aromatic carbocycles. The number of anilines is 1. The minimum absolute atomic E-state index is 0.0216. The van der Waals surface area contributed by atoms with Crippen LogP contribution in [0.4, 0.5) is 23.4 Å². The van der Waals surface area contributed by atoms with E-state index in [0.29, 0.717) is 12.0 Å². The summed E-state index contributed by atoms with van der Waals surface area (Å²) >= 11 is 6.25. The summed E-state index contributed by atoms with van der Waals surface area (Å²) < 4.78 is 54.9. The zero-order chi connectivity index (χ0) is 24.6. The minimum atomic E-state index is -4.47. The molecule has 2 N–H and O–H groups in total. The first-order valence-electron chi connectivity index (χ1n) is 10.5. The van der Waals surface area contributed by atoms with Gasteiger partial charge in [-0.1, -0.05) is 30.7 Å². The van der Waals surface area contributed by atoms with Crippen molar-refractivity contribution >= 4 is 23.2 Å². The fraction of sp³-hybridized carbons (Fsp3) is 0.348. The van der Waals surface area contributed by atoms with Crippen molar-refractivity contribution in [3.8, 4) is 0 Å². The maximum Gasteiger partial charge on any atom is 0.416 e. The zero-order valence-corrected chi connectivity index (χ0v) is 18.7. The summed E-state index contributed by atoms with van der Waals surface area (Å²) in [5, 5.41) is 12.9. The van der Waals surface area contributed by atoms with Gasteiger partial charge >= 0.3 is 6.18 Å². The van der Waals surface area contributed by atoms with Gasteiger partial charge in [0.1, 0.15) is 23.5 Å². The van der Waals surface area contributed by atoms with E-state index in [4.69, 9.17) is 11.6 Å². The van der Waals surface area contributed by atoms with Gasteiger partial charge in [-0.2, -0.15) is 13.2 Å². The largest absolute Gasteiger partial charge is 0.416 e. The molecule has 0 saturated heterocycles. The van der Waals surface area contributed by atoms with Gasteiger partial charge < -0.3 is 15.0 Å². The van der Waals surface area contributed by atoms with E-state index in [0.717, 1.165) is 12.1 Å². The van der Waals surface area contributed by atoms with Crippen LogP contribution in [0.5, 0.6) is 0 Å². The van der Waals surface area contributed by atoms with Crippen molar-refractivity contribution in [2.45, 2.75) is 44.4 Å². The number of halogens is 5. The Labute approximate surface area is 197 Å². The van der Waals surface area contributed by atoms with Crippen LogP contribution in [0.2, 0.25) is 5.15 Å². The molecule has 180 valence electrons. The van der Waals surface area contributed by atoms with Gasteiger partial charge in [-0.3, -0.25) is 4.79 Å². The van der Waals surface area contributed by atoms with Crippen LogP contribution in [-0.4, -0.2) is 43.7 Å². The van der Waals surface area contributed by atoms with Crippen LogP contribution in [0.3, 0.4) is 0 Å². The van der Waals surface area contributed by atoms with E-state index in [1.165, 1.54) is 41.5 Å². The van der Waals surface area contributed by atoms with Gasteiger partial charge in [0.15, 0.2) is 5.78 Å². The van der Waals surface area contributed by atoms with E-state index in [-0.39, 0.29) is 34.6 Å². The van der Waals surface area contributed by atoms with E-state index in [9.17, 15) is 27.5 Å². The number of nitrogens with one attached hydrogen (secondary N) is 1. The summed E-state index contributed by atoms with van der Waals surface area (Å²) in [5.41, 5.74) is -0.165. The quantitative estimate of drug-likeness (QED) is 0.380. The summed E-state index contributed by atoms with van der Waals surface area (Å²) in [6, 6.07) is 5.51. The SMILES string of the molecule is C[C@@H]1C[C@@H](Nc2ncncc2C(=O)c2cc(Cl)n(Cc3cccc(C(F)(F)F)c3)c2)[C@@H](F)[C@@H]1O. The summed E-state index contributed by atoms with van der Waals surface area (Å²) in [5.74, 6) is -0.623. The maximum atomic E-state index is 14.4. The molecule has 0 unspecified atom stereocenters. The third-order valence-electron chi connectivity index (χ3n) is 5.91. The zero-order valence-electron chi connectivity index (χ0n) is 17.9. The molecule has 1 fully saturated rings. The van der Waals surface area contributed by atoms with Crippen LogP contribution in [0.1, 0.15) is 40.4 Å². The first-order valence-corrected chi connectivity index (χ1v) is 10.9. The standard InChI is InChI=1S/C23H21ClF4N4O2/c1-12-5-17(19(25)20(12)33)31-22-16(8-29-11-30-22)21(34)14-7-18(24)32(10-14)9-13-3-2-4-15(6-13)23(26,27)28/h2-4,6-8,10-12,17,19-20,33H,5,9H2,1H3,(H,29,30,31)/t12-,17-,19-,20-/m1/s1. The van der Waals surface area contributed by atoms with Crippen LogP contribution in [0.15, 0.2) is 49.1 Å². The number of carbonyl (C=O) groups is 1. The smallest absolute Gasteiger partial charge is 0.390 e. The van der Waals surface area contributed by atoms with Gasteiger partial charge in [-0.15, -0.1) is 0 Å². The Hall–Kier alpha value is -2.98. The molecular formula is C23H21ClF4N4O2. The number of alkyl halides is 4. The first-order chi connectivity index (χ1) is 16.0. The lowest BCUT2D eigenvalue weighted by Crippen LogP contribution is -2.32. The molecule has 0 amide bonds. The number of ketones is 1. The first kappa shape index (κ1) is 24.2. The third kappa shape index (κ3) is 4.92. The fourth-order valence-electron chi connectivity index (χ4n) is 4.07. The van der Waals surface area contributed by atoms with Crippen molar-refractivity contribution in [2.75, 3.05) is 5.32 Å². The molecule has 0 radical (unpaired) electrons. The summed E-state index contributed by atoms with van der Waals surface area (Å²) in [7, 11) is 0. The molecule has 1 saturated carbocycles. The van der Waals surface area contributed by atoms with E-state index < -0.39 is 35.8 Å². The number of aliphatic hydroxyl groups excluding tert-OH is 1. The maximum absolute atomic E-state index is 14.4. The lowest BCUT2D eigenvalue weighted by Gasteiger charge is -2.18. The van der Waals surface area contributed by atoms with Crippen LogP contribution < -0.4 is 5.32 Å². The number of hydrogen-bond donors (Lipinski definition) is 2. The average Bonchev–Trinajstić information content (AvgIpc) is 3.27. The van der Waals surface area contributed by atoms with Gasteiger partial charge in [0, 0.05) is 24.5 Å². The van der Waals surface area contributed by atoms with E-state index >= 15 is 0 Å². The summed E-state index contributed by atoms with van der Waals surface area (Å²) in [4.78, 5) is 21.1. The molecular weight excluding hydrogens is 476 g/mol. The lowest BCUT2D eigenvalue weighted by atomic mass is 10.1. The minimum Gasteiger partial charge on any atom is -0.390 e. The molecule has 0 spiro atoms. The molecule has 2 aromatic heterocycles. The number of benzene rings is 1. The van der Waals surface area contributed by atoms with Gasteiger partial charge in [0.25, 0.3) is 0 Å². The molecule has 6 nitrogen and oxygen atoms in total. The van der Waals surface area contributed by atoms with Gasteiger partial charge in [-0.25, -0.2) is 14.4 Å². The second kappa shape index (κ2) is 9.34. The second-order valence-corrected chi connectivity index (χ2v) is 8.78. The van der Waals surface area contributed by atoms with Crippen molar-refractivity contribution in [2.24, 2.45) is 5.92 Å². The van der Waals surface area contributed by atoms with Gasteiger partial charge in [0.05, 0.1) is 23.3 Å². The van der Waals surface area contributed by atoms with Gasteiger partial charge in [0.2, 0.25) is 0 Å².